The van der Waals surface area contributed by atoms with Crippen molar-refractivity contribution in [2.45, 2.75) is 38.5 Å². The van der Waals surface area contributed by atoms with Crippen molar-refractivity contribution in [2.75, 3.05) is 6.61 Å². The summed E-state index contributed by atoms with van der Waals surface area (Å²) in [7, 11) is 0. The highest BCUT2D eigenvalue weighted by Crippen LogP contribution is 2.26. The van der Waals surface area contributed by atoms with Crippen LogP contribution in [0.5, 0.6) is 5.75 Å². The Balaban J connectivity index is 2.05. The molecule has 0 aliphatic rings. The quantitative estimate of drug-likeness (QED) is 0.410. The van der Waals surface area contributed by atoms with Gasteiger partial charge >= 0.3 is 0 Å². The van der Waals surface area contributed by atoms with Crippen LogP contribution in [0.15, 0.2) is 54.6 Å². The molecule has 0 aliphatic carbocycles. The lowest BCUT2D eigenvalue weighted by Crippen LogP contribution is -2.27. The fourth-order valence-corrected chi connectivity index (χ4v) is 2.68. The number of rotatable bonds is 9. The average molecular weight is 327 g/mol. The van der Waals surface area contributed by atoms with Gasteiger partial charge in [-0.05, 0) is 29.7 Å². The molecule has 128 valence electrons. The fourth-order valence-electron chi connectivity index (χ4n) is 2.68. The van der Waals surface area contributed by atoms with Crippen LogP contribution in [0.3, 0.4) is 0 Å². The first-order chi connectivity index (χ1) is 11.8. The van der Waals surface area contributed by atoms with E-state index < -0.39 is 11.8 Å². The topological polar surface area (TPSA) is 58.6 Å². The molecule has 4 nitrogen and oxygen atoms in total. The van der Waals surface area contributed by atoms with Crippen molar-refractivity contribution < 1.29 is 14.7 Å². The van der Waals surface area contributed by atoms with Gasteiger partial charge in [0.2, 0.25) is 0 Å². The van der Waals surface area contributed by atoms with Crippen LogP contribution < -0.4 is 10.2 Å². The summed E-state index contributed by atoms with van der Waals surface area (Å²) in [5.41, 5.74) is 3.40. The van der Waals surface area contributed by atoms with E-state index in [-0.39, 0.29) is 0 Å². The van der Waals surface area contributed by atoms with Gasteiger partial charge in [0.25, 0.3) is 5.91 Å². The number of ether oxygens (including phenoxy) is 1. The minimum absolute atomic E-state index is 0.450. The average Bonchev–Trinajstić information content (AvgIpc) is 2.63. The molecule has 2 aromatic carbocycles. The molecule has 0 saturated heterocycles. The molecule has 0 bridgehead atoms. The Bertz CT molecular complexity index is 611. The van der Waals surface area contributed by atoms with Gasteiger partial charge in [0, 0.05) is 0 Å². The number of hydrogen-bond acceptors (Lipinski definition) is 3. The lowest BCUT2D eigenvalue weighted by Gasteiger charge is -2.16. The van der Waals surface area contributed by atoms with Gasteiger partial charge in [0.15, 0.2) is 0 Å². The molecule has 1 amide bonds. The Morgan fingerprint density at radius 2 is 1.67 bits per heavy atom. The summed E-state index contributed by atoms with van der Waals surface area (Å²) in [6.07, 6.45) is 4.68. The zero-order chi connectivity index (χ0) is 17.2. The molecule has 2 rings (SSSR count). The zero-order valence-corrected chi connectivity index (χ0v) is 14.1. The number of benzene rings is 2. The van der Waals surface area contributed by atoms with Crippen molar-refractivity contribution in [3.8, 4) is 5.75 Å². The van der Waals surface area contributed by atoms with Crippen LogP contribution in [0.1, 0.15) is 49.7 Å². The molecule has 0 radical (unpaired) electrons. The van der Waals surface area contributed by atoms with Crippen molar-refractivity contribution in [1.82, 2.24) is 5.48 Å². The highest BCUT2D eigenvalue weighted by molar-refractivity contribution is 5.86. The number of hydrogen-bond donors (Lipinski definition) is 2. The summed E-state index contributed by atoms with van der Waals surface area (Å²) < 4.78 is 5.73. The molecule has 1 unspecified atom stereocenters. The number of unbranched alkanes of at least 4 members (excludes halogenated alkanes) is 3. The molecule has 24 heavy (non-hydrogen) atoms. The molecule has 0 aliphatic heterocycles. The van der Waals surface area contributed by atoms with Crippen molar-refractivity contribution in [2.24, 2.45) is 0 Å². The normalized spacial score (nSPS) is 11.8. The highest BCUT2D eigenvalue weighted by Gasteiger charge is 2.22. The Morgan fingerprint density at radius 1 is 1.00 bits per heavy atom. The molecule has 2 aromatic rings. The maximum absolute atomic E-state index is 12.1. The maximum atomic E-state index is 12.1. The smallest absolute Gasteiger partial charge is 0.255 e. The standard InChI is InChI=1S/C20H25NO3/c1-2-3-4-8-15-24-18-13-11-17(12-14-18)19(20(22)21-23)16-9-6-5-7-10-16/h5-7,9-14,19,23H,2-4,8,15H2,1H3,(H,21,22). The van der Waals surface area contributed by atoms with E-state index in [0.717, 1.165) is 23.3 Å². The van der Waals surface area contributed by atoms with Gasteiger partial charge in [0.1, 0.15) is 5.75 Å². The van der Waals surface area contributed by atoms with Crippen molar-refractivity contribution in [1.29, 1.82) is 0 Å². The summed E-state index contributed by atoms with van der Waals surface area (Å²) in [5, 5.41) is 9.05. The molecular weight excluding hydrogens is 302 g/mol. The van der Waals surface area contributed by atoms with Gasteiger partial charge in [-0.3, -0.25) is 10.0 Å². The largest absolute Gasteiger partial charge is 0.494 e. The van der Waals surface area contributed by atoms with Gasteiger partial charge < -0.3 is 4.74 Å². The van der Waals surface area contributed by atoms with E-state index >= 15 is 0 Å². The Morgan fingerprint density at radius 3 is 2.29 bits per heavy atom. The minimum atomic E-state index is -0.546. The summed E-state index contributed by atoms with van der Waals surface area (Å²) >= 11 is 0. The molecule has 4 heteroatoms. The predicted octanol–water partition coefficient (Wildman–Crippen LogP) is 4.28. The van der Waals surface area contributed by atoms with Crippen molar-refractivity contribution in [3.63, 3.8) is 0 Å². The van der Waals surface area contributed by atoms with Gasteiger partial charge in [-0.1, -0.05) is 68.7 Å². The monoisotopic (exact) mass is 327 g/mol. The first kappa shape index (κ1) is 18.0. The third-order valence-corrected chi connectivity index (χ3v) is 3.99. The van der Waals surface area contributed by atoms with E-state index in [1.54, 1.807) is 5.48 Å². The SMILES string of the molecule is CCCCCCOc1ccc(C(C(=O)NO)c2ccccc2)cc1. The number of carbonyl (C=O) groups excluding carboxylic acids is 1. The lowest BCUT2D eigenvalue weighted by molar-refractivity contribution is -0.129. The maximum Gasteiger partial charge on any atom is 0.255 e. The third-order valence-electron chi connectivity index (χ3n) is 3.99. The molecule has 2 N–H and O–H groups in total. The second-order valence-electron chi connectivity index (χ2n) is 5.80. The summed E-state index contributed by atoms with van der Waals surface area (Å²) in [4.78, 5) is 12.1. The van der Waals surface area contributed by atoms with Gasteiger partial charge in [-0.25, -0.2) is 5.48 Å². The lowest BCUT2D eigenvalue weighted by atomic mass is 9.91. The molecule has 0 saturated carbocycles. The fraction of sp³-hybridized carbons (Fsp3) is 0.350. The van der Waals surface area contributed by atoms with Gasteiger partial charge in [-0.2, -0.15) is 0 Å². The first-order valence-corrected chi connectivity index (χ1v) is 8.48. The van der Waals surface area contributed by atoms with Crippen LogP contribution in [0.2, 0.25) is 0 Å². The summed E-state index contributed by atoms with van der Waals surface area (Å²) in [6, 6.07) is 16.9. The molecule has 0 fully saturated rings. The van der Waals surface area contributed by atoms with Crippen LogP contribution in [-0.4, -0.2) is 17.7 Å². The van der Waals surface area contributed by atoms with Crippen LogP contribution >= 0.6 is 0 Å². The van der Waals surface area contributed by atoms with Gasteiger partial charge in [0.05, 0.1) is 12.5 Å². The third kappa shape index (κ3) is 5.10. The number of nitrogens with one attached hydrogen (secondary N) is 1. The van der Waals surface area contributed by atoms with Crippen molar-refractivity contribution in [3.05, 3.63) is 65.7 Å². The Kier molecular flexibility index (Phi) is 7.30. The van der Waals surface area contributed by atoms with E-state index in [1.165, 1.54) is 19.3 Å². The first-order valence-electron chi connectivity index (χ1n) is 8.48. The molecule has 0 spiro atoms. The van der Waals surface area contributed by atoms with E-state index in [9.17, 15) is 4.79 Å². The van der Waals surface area contributed by atoms with Crippen LogP contribution in [0.4, 0.5) is 0 Å². The van der Waals surface area contributed by atoms with Crippen LogP contribution in [0.25, 0.3) is 0 Å². The van der Waals surface area contributed by atoms with E-state index in [1.807, 2.05) is 54.6 Å². The second-order valence-corrected chi connectivity index (χ2v) is 5.80. The number of hydroxylamine groups is 1. The Hall–Kier alpha value is -2.33. The van der Waals surface area contributed by atoms with E-state index in [2.05, 4.69) is 6.92 Å². The second kappa shape index (κ2) is 9.73. The van der Waals surface area contributed by atoms with Crippen LogP contribution in [-0.2, 0) is 4.79 Å². The van der Waals surface area contributed by atoms with Crippen molar-refractivity contribution >= 4 is 5.91 Å². The summed E-state index contributed by atoms with van der Waals surface area (Å²) in [5.74, 6) is -0.198. The molecule has 0 heterocycles. The van der Waals surface area contributed by atoms with Gasteiger partial charge in [-0.15, -0.1) is 0 Å². The predicted molar refractivity (Wildman–Crippen MR) is 94.3 cm³/mol. The molecule has 1 atom stereocenters. The number of carbonyl (C=O) groups is 1. The van der Waals surface area contributed by atoms with E-state index in [4.69, 9.17) is 9.94 Å². The molecular formula is C20H25NO3. The van der Waals surface area contributed by atoms with Crippen LogP contribution in [0, 0.1) is 0 Å². The zero-order valence-electron chi connectivity index (χ0n) is 14.1. The molecule has 0 aromatic heterocycles. The highest BCUT2D eigenvalue weighted by atomic mass is 16.5. The minimum Gasteiger partial charge on any atom is -0.494 e. The van der Waals surface area contributed by atoms with E-state index in [0.29, 0.717) is 6.61 Å². The Labute approximate surface area is 143 Å². The summed E-state index contributed by atoms with van der Waals surface area (Å²) in [6.45, 7) is 2.89. The number of amides is 1.